The van der Waals surface area contributed by atoms with Crippen molar-refractivity contribution in [1.29, 1.82) is 0 Å². The zero-order valence-corrected chi connectivity index (χ0v) is 10.6. The van der Waals surface area contributed by atoms with Crippen molar-refractivity contribution >= 4 is 17.7 Å². The van der Waals surface area contributed by atoms with Gasteiger partial charge in [-0.3, -0.25) is 4.79 Å². The van der Waals surface area contributed by atoms with E-state index in [2.05, 4.69) is 5.32 Å². The summed E-state index contributed by atoms with van der Waals surface area (Å²) >= 11 is 1.72. The van der Waals surface area contributed by atoms with Gasteiger partial charge in [-0.15, -0.1) is 0 Å². The summed E-state index contributed by atoms with van der Waals surface area (Å²) in [6.07, 6.45) is 2.02. The maximum atomic E-state index is 11.6. The molecule has 1 amide bonds. The summed E-state index contributed by atoms with van der Waals surface area (Å²) in [6.45, 7) is 7.90. The number of amides is 1. The third kappa shape index (κ3) is 4.86. The first-order valence-corrected chi connectivity index (χ1v) is 6.23. The van der Waals surface area contributed by atoms with Crippen LogP contribution in [-0.2, 0) is 4.79 Å². The highest BCUT2D eigenvalue weighted by atomic mass is 32.2. The van der Waals surface area contributed by atoms with Crippen molar-refractivity contribution in [2.24, 2.45) is 11.1 Å². The zero-order valence-electron chi connectivity index (χ0n) is 9.76. The second kappa shape index (κ2) is 5.61. The van der Waals surface area contributed by atoms with E-state index in [0.29, 0.717) is 0 Å². The maximum Gasteiger partial charge on any atom is 0.237 e. The minimum atomic E-state index is -0.438. The summed E-state index contributed by atoms with van der Waals surface area (Å²) in [4.78, 5) is 11.6. The molecule has 0 aliphatic rings. The molecule has 2 unspecified atom stereocenters. The molecule has 3 nitrogen and oxygen atoms in total. The lowest BCUT2D eigenvalue weighted by atomic mass is 9.87. The van der Waals surface area contributed by atoms with Crippen molar-refractivity contribution in [2.45, 2.75) is 39.8 Å². The summed E-state index contributed by atoms with van der Waals surface area (Å²) in [5.41, 5.74) is 5.64. The molecule has 0 fully saturated rings. The molecule has 0 aliphatic carbocycles. The van der Waals surface area contributed by atoms with Gasteiger partial charge in [0, 0.05) is 11.8 Å². The van der Waals surface area contributed by atoms with Gasteiger partial charge < -0.3 is 11.1 Å². The van der Waals surface area contributed by atoms with E-state index in [1.807, 2.05) is 34.0 Å². The van der Waals surface area contributed by atoms with Crippen LogP contribution in [0.1, 0.15) is 27.7 Å². The van der Waals surface area contributed by atoms with Crippen LogP contribution in [0.5, 0.6) is 0 Å². The molecule has 0 rings (SSSR count). The second-order valence-electron chi connectivity index (χ2n) is 4.71. The fourth-order valence-corrected chi connectivity index (χ4v) is 1.60. The molecule has 3 N–H and O–H groups in total. The van der Waals surface area contributed by atoms with Crippen molar-refractivity contribution in [3.63, 3.8) is 0 Å². The Hall–Kier alpha value is -0.220. The fraction of sp³-hybridized carbons (Fsp3) is 0.900. The average Bonchev–Trinajstić information content (AvgIpc) is 2.01. The van der Waals surface area contributed by atoms with E-state index >= 15 is 0 Å². The molecular weight excluding hydrogens is 196 g/mol. The fourth-order valence-electron chi connectivity index (χ4n) is 1.02. The monoisotopic (exact) mass is 218 g/mol. The Morgan fingerprint density at radius 3 is 2.36 bits per heavy atom. The smallest absolute Gasteiger partial charge is 0.237 e. The molecule has 0 saturated carbocycles. The Morgan fingerprint density at radius 2 is 2.00 bits per heavy atom. The van der Waals surface area contributed by atoms with Gasteiger partial charge in [0.2, 0.25) is 5.91 Å². The number of hydrogen-bond donors (Lipinski definition) is 2. The lowest BCUT2D eigenvalue weighted by molar-refractivity contribution is -0.124. The minimum Gasteiger partial charge on any atom is -0.351 e. The molecule has 14 heavy (non-hydrogen) atoms. The van der Waals surface area contributed by atoms with Gasteiger partial charge in [-0.2, -0.15) is 11.8 Å². The quantitative estimate of drug-likeness (QED) is 0.746. The normalized spacial score (nSPS) is 16.1. The number of hydrogen-bond acceptors (Lipinski definition) is 3. The van der Waals surface area contributed by atoms with Gasteiger partial charge in [0.05, 0.1) is 6.04 Å². The molecule has 0 spiro atoms. The highest BCUT2D eigenvalue weighted by Gasteiger charge is 2.27. The van der Waals surface area contributed by atoms with Crippen LogP contribution in [-0.4, -0.2) is 30.0 Å². The Balaban J connectivity index is 4.08. The van der Waals surface area contributed by atoms with Gasteiger partial charge in [-0.05, 0) is 18.6 Å². The molecule has 0 aromatic heterocycles. The van der Waals surface area contributed by atoms with E-state index in [1.54, 1.807) is 11.8 Å². The Morgan fingerprint density at radius 1 is 1.50 bits per heavy atom. The van der Waals surface area contributed by atoms with Crippen LogP contribution in [0, 0.1) is 5.41 Å². The lowest BCUT2D eigenvalue weighted by Gasteiger charge is -2.27. The van der Waals surface area contributed by atoms with Gasteiger partial charge in [0.25, 0.3) is 0 Å². The van der Waals surface area contributed by atoms with Crippen LogP contribution in [0.2, 0.25) is 0 Å². The number of nitrogens with one attached hydrogen (secondary N) is 1. The van der Waals surface area contributed by atoms with Crippen molar-refractivity contribution in [2.75, 3.05) is 12.0 Å². The number of nitrogens with two attached hydrogens (primary N) is 1. The van der Waals surface area contributed by atoms with Crippen LogP contribution < -0.4 is 11.1 Å². The third-order valence-corrected chi connectivity index (χ3v) is 2.85. The number of rotatable bonds is 4. The molecule has 0 saturated heterocycles. The Kier molecular flexibility index (Phi) is 5.52. The first-order chi connectivity index (χ1) is 6.29. The molecule has 0 aromatic rings. The van der Waals surface area contributed by atoms with E-state index < -0.39 is 6.04 Å². The number of carbonyl (C=O) groups is 1. The molecule has 0 bridgehead atoms. The molecule has 0 aromatic carbocycles. The van der Waals surface area contributed by atoms with E-state index in [4.69, 9.17) is 5.73 Å². The van der Waals surface area contributed by atoms with Gasteiger partial charge in [0.15, 0.2) is 0 Å². The highest BCUT2D eigenvalue weighted by Crippen LogP contribution is 2.17. The SMILES string of the molecule is CSCC(C)NC(=O)C(N)C(C)(C)C. The standard InChI is InChI=1S/C10H22N2OS/c1-7(6-14-5)12-9(13)8(11)10(2,3)4/h7-8H,6,11H2,1-5H3,(H,12,13). The summed E-state index contributed by atoms with van der Waals surface area (Å²) < 4.78 is 0. The minimum absolute atomic E-state index is 0.0564. The van der Waals surface area contributed by atoms with E-state index in [9.17, 15) is 4.79 Å². The van der Waals surface area contributed by atoms with Crippen molar-refractivity contribution in [3.05, 3.63) is 0 Å². The molecule has 0 radical (unpaired) electrons. The Labute approximate surface area is 91.2 Å². The molecular formula is C10H22N2OS. The van der Waals surface area contributed by atoms with Crippen molar-refractivity contribution in [3.8, 4) is 0 Å². The van der Waals surface area contributed by atoms with E-state index in [1.165, 1.54) is 0 Å². The summed E-state index contributed by atoms with van der Waals surface area (Å²) in [5.74, 6) is 0.863. The van der Waals surface area contributed by atoms with E-state index in [0.717, 1.165) is 5.75 Å². The van der Waals surface area contributed by atoms with Crippen LogP contribution in [0.15, 0.2) is 0 Å². The molecule has 84 valence electrons. The molecule has 2 atom stereocenters. The van der Waals surface area contributed by atoms with Crippen LogP contribution in [0.3, 0.4) is 0 Å². The van der Waals surface area contributed by atoms with Crippen LogP contribution in [0.25, 0.3) is 0 Å². The Bertz CT molecular complexity index is 189. The van der Waals surface area contributed by atoms with Gasteiger partial charge >= 0.3 is 0 Å². The second-order valence-corrected chi connectivity index (χ2v) is 5.62. The predicted octanol–water partition coefficient (Wildman–Crippen LogP) is 1.23. The third-order valence-electron chi connectivity index (χ3n) is 2.02. The zero-order chi connectivity index (χ0) is 11.4. The first kappa shape index (κ1) is 13.8. The maximum absolute atomic E-state index is 11.6. The van der Waals surface area contributed by atoms with E-state index in [-0.39, 0.29) is 17.4 Å². The van der Waals surface area contributed by atoms with Gasteiger partial charge in [-0.25, -0.2) is 0 Å². The predicted molar refractivity (Wildman–Crippen MR) is 63.4 cm³/mol. The van der Waals surface area contributed by atoms with Crippen molar-refractivity contribution in [1.82, 2.24) is 5.32 Å². The molecule has 0 aliphatic heterocycles. The van der Waals surface area contributed by atoms with Crippen molar-refractivity contribution < 1.29 is 4.79 Å². The van der Waals surface area contributed by atoms with Crippen LogP contribution >= 0.6 is 11.8 Å². The topological polar surface area (TPSA) is 55.1 Å². The van der Waals surface area contributed by atoms with Gasteiger partial charge in [0.1, 0.15) is 0 Å². The summed E-state index contributed by atoms with van der Waals surface area (Å²) in [7, 11) is 0. The lowest BCUT2D eigenvalue weighted by Crippen LogP contribution is -2.51. The molecule has 4 heteroatoms. The van der Waals surface area contributed by atoms with Gasteiger partial charge in [-0.1, -0.05) is 20.8 Å². The number of carbonyl (C=O) groups excluding carboxylic acids is 1. The highest BCUT2D eigenvalue weighted by molar-refractivity contribution is 7.98. The number of thioether (sulfide) groups is 1. The largest absolute Gasteiger partial charge is 0.351 e. The first-order valence-electron chi connectivity index (χ1n) is 4.84. The molecule has 0 heterocycles. The summed E-state index contributed by atoms with van der Waals surface area (Å²) in [6, 6.07) is -0.252. The van der Waals surface area contributed by atoms with Crippen LogP contribution in [0.4, 0.5) is 0 Å². The average molecular weight is 218 g/mol. The summed E-state index contributed by atoms with van der Waals surface area (Å²) in [5, 5.41) is 2.90.